The third-order valence-electron chi connectivity index (χ3n) is 3.18. The first-order chi connectivity index (χ1) is 9.32. The maximum absolute atomic E-state index is 13.5. The van der Waals surface area contributed by atoms with Gasteiger partial charge in [0.15, 0.2) is 0 Å². The van der Waals surface area contributed by atoms with Crippen LogP contribution in [0.4, 0.5) is 4.39 Å². The lowest BCUT2D eigenvalue weighted by molar-refractivity contribution is 0.563. The van der Waals surface area contributed by atoms with Crippen LogP contribution in [-0.2, 0) is 12.0 Å². The number of aryl methyl sites for hydroxylation is 1. The zero-order valence-corrected chi connectivity index (χ0v) is 13.5. The van der Waals surface area contributed by atoms with Crippen LogP contribution in [0.2, 0.25) is 0 Å². The largest absolute Gasteiger partial charge is 0.315 e. The van der Waals surface area contributed by atoms with Gasteiger partial charge in [-0.1, -0.05) is 26.8 Å². The molecule has 0 radical (unpaired) electrons. The molecule has 2 nitrogen and oxygen atoms in total. The number of nitrogens with zero attached hydrogens (tertiary/aromatic N) is 1. The molecule has 20 heavy (non-hydrogen) atoms. The molecule has 0 spiro atoms. The van der Waals surface area contributed by atoms with Gasteiger partial charge in [0, 0.05) is 22.4 Å². The lowest BCUT2D eigenvalue weighted by Crippen LogP contribution is -2.16. The Morgan fingerprint density at radius 3 is 2.60 bits per heavy atom. The van der Waals surface area contributed by atoms with E-state index in [2.05, 4.69) is 26.1 Å². The minimum Gasteiger partial charge on any atom is -0.315 e. The summed E-state index contributed by atoms with van der Waals surface area (Å²) in [5.41, 5.74) is 3.03. The van der Waals surface area contributed by atoms with Crippen molar-refractivity contribution >= 4 is 11.3 Å². The van der Waals surface area contributed by atoms with Crippen molar-refractivity contribution < 1.29 is 4.39 Å². The van der Waals surface area contributed by atoms with E-state index in [1.54, 1.807) is 23.5 Å². The maximum atomic E-state index is 13.5. The fourth-order valence-electron chi connectivity index (χ4n) is 2.16. The van der Waals surface area contributed by atoms with Crippen LogP contribution in [0.1, 0.15) is 36.9 Å². The molecule has 0 aliphatic heterocycles. The monoisotopic (exact) mass is 292 g/mol. The number of thiazole rings is 1. The number of rotatable bonds is 3. The van der Waals surface area contributed by atoms with Crippen molar-refractivity contribution in [1.82, 2.24) is 10.3 Å². The van der Waals surface area contributed by atoms with Gasteiger partial charge in [-0.3, -0.25) is 0 Å². The summed E-state index contributed by atoms with van der Waals surface area (Å²) >= 11 is 1.65. The van der Waals surface area contributed by atoms with Crippen LogP contribution in [0.15, 0.2) is 18.2 Å². The Morgan fingerprint density at radius 1 is 1.30 bits per heavy atom. The van der Waals surface area contributed by atoms with Gasteiger partial charge in [0.2, 0.25) is 0 Å². The Labute approximate surface area is 124 Å². The van der Waals surface area contributed by atoms with Crippen molar-refractivity contribution in [3.8, 4) is 10.6 Å². The van der Waals surface area contributed by atoms with E-state index in [9.17, 15) is 4.39 Å². The molecular formula is C16H21FN2S. The van der Waals surface area contributed by atoms with Gasteiger partial charge in [-0.15, -0.1) is 11.3 Å². The molecule has 108 valence electrons. The molecule has 0 aliphatic rings. The first-order valence-electron chi connectivity index (χ1n) is 6.74. The van der Waals surface area contributed by atoms with Crippen molar-refractivity contribution in [2.45, 2.75) is 39.7 Å². The van der Waals surface area contributed by atoms with Crippen molar-refractivity contribution in [3.05, 3.63) is 40.2 Å². The molecule has 0 atom stereocenters. The lowest BCUT2D eigenvalue weighted by atomic mass is 9.91. The molecule has 0 unspecified atom stereocenters. The van der Waals surface area contributed by atoms with Crippen LogP contribution in [-0.4, -0.2) is 12.0 Å². The summed E-state index contributed by atoms with van der Waals surface area (Å²) in [5.74, 6) is -0.215. The minimum absolute atomic E-state index is 0.0117. The van der Waals surface area contributed by atoms with Crippen LogP contribution in [0, 0.1) is 12.7 Å². The number of nitrogens with one attached hydrogen (secondary N) is 1. The molecule has 0 amide bonds. The molecular weight excluding hydrogens is 271 g/mol. The predicted octanol–water partition coefficient (Wildman–Crippen LogP) is 4.27. The Balaban J connectivity index is 2.55. The highest BCUT2D eigenvalue weighted by Crippen LogP contribution is 2.35. The molecule has 2 rings (SSSR count). The third-order valence-corrected chi connectivity index (χ3v) is 4.26. The second-order valence-corrected chi connectivity index (χ2v) is 7.11. The maximum Gasteiger partial charge on any atom is 0.124 e. The average molecular weight is 292 g/mol. The van der Waals surface area contributed by atoms with E-state index in [-0.39, 0.29) is 11.2 Å². The van der Waals surface area contributed by atoms with Crippen LogP contribution in [0.3, 0.4) is 0 Å². The van der Waals surface area contributed by atoms with Gasteiger partial charge in [0.25, 0.3) is 0 Å². The quantitative estimate of drug-likeness (QED) is 0.913. The predicted molar refractivity (Wildman–Crippen MR) is 83.7 cm³/mol. The van der Waals surface area contributed by atoms with E-state index in [0.29, 0.717) is 0 Å². The van der Waals surface area contributed by atoms with Crippen molar-refractivity contribution in [1.29, 1.82) is 0 Å². The zero-order chi connectivity index (χ0) is 14.9. The highest BCUT2D eigenvalue weighted by Gasteiger charge is 2.23. The summed E-state index contributed by atoms with van der Waals surface area (Å²) in [4.78, 5) is 6.01. The summed E-state index contributed by atoms with van der Waals surface area (Å²) in [6, 6.07) is 4.87. The van der Waals surface area contributed by atoms with Gasteiger partial charge in [-0.25, -0.2) is 9.37 Å². The van der Waals surface area contributed by atoms with Crippen molar-refractivity contribution in [3.63, 3.8) is 0 Å². The molecule has 0 saturated heterocycles. The number of hydrogen-bond donors (Lipinski definition) is 1. The molecule has 0 fully saturated rings. The lowest BCUT2D eigenvalue weighted by Gasteiger charge is -2.17. The molecule has 0 aliphatic carbocycles. The minimum atomic E-state index is -0.215. The molecule has 2 aromatic rings. The summed E-state index contributed by atoms with van der Waals surface area (Å²) in [6.07, 6.45) is 0. The van der Waals surface area contributed by atoms with E-state index >= 15 is 0 Å². The van der Waals surface area contributed by atoms with Gasteiger partial charge in [-0.2, -0.15) is 0 Å². The first kappa shape index (κ1) is 15.1. The fraction of sp³-hybridized carbons (Fsp3) is 0.438. The van der Waals surface area contributed by atoms with E-state index in [4.69, 9.17) is 4.98 Å². The van der Waals surface area contributed by atoms with Crippen LogP contribution >= 0.6 is 11.3 Å². The number of aromatic nitrogens is 1. The van der Waals surface area contributed by atoms with Gasteiger partial charge in [0.05, 0.1) is 5.69 Å². The highest BCUT2D eigenvalue weighted by atomic mass is 32.1. The summed E-state index contributed by atoms with van der Waals surface area (Å²) < 4.78 is 13.5. The molecule has 1 N–H and O–H groups in total. The Morgan fingerprint density at radius 2 is 2.00 bits per heavy atom. The SMILES string of the molecule is CNCc1sc(-c2cc(F)ccc2C)nc1C(C)(C)C. The average Bonchev–Trinajstić information content (AvgIpc) is 2.76. The summed E-state index contributed by atoms with van der Waals surface area (Å²) in [7, 11) is 1.93. The smallest absolute Gasteiger partial charge is 0.124 e. The van der Waals surface area contributed by atoms with E-state index in [1.165, 1.54) is 10.9 Å². The van der Waals surface area contributed by atoms with E-state index < -0.39 is 0 Å². The van der Waals surface area contributed by atoms with Crippen LogP contribution in [0.5, 0.6) is 0 Å². The van der Waals surface area contributed by atoms with Crippen LogP contribution in [0.25, 0.3) is 10.6 Å². The van der Waals surface area contributed by atoms with E-state index in [1.807, 2.05) is 14.0 Å². The standard InChI is InChI=1S/C16H21FN2S/c1-10-6-7-11(17)8-12(10)15-19-14(16(2,3)4)13(20-15)9-18-5/h6-8,18H,9H2,1-5H3. The third kappa shape index (κ3) is 3.07. The Hall–Kier alpha value is -1.26. The Bertz CT molecular complexity index is 611. The second-order valence-electron chi connectivity index (χ2n) is 6.03. The van der Waals surface area contributed by atoms with Gasteiger partial charge in [0.1, 0.15) is 10.8 Å². The van der Waals surface area contributed by atoms with Gasteiger partial charge < -0.3 is 5.32 Å². The van der Waals surface area contributed by atoms with Gasteiger partial charge >= 0.3 is 0 Å². The first-order valence-corrected chi connectivity index (χ1v) is 7.56. The van der Waals surface area contributed by atoms with E-state index in [0.717, 1.165) is 28.4 Å². The topological polar surface area (TPSA) is 24.9 Å². The molecule has 1 heterocycles. The molecule has 4 heteroatoms. The Kier molecular flexibility index (Phi) is 4.25. The van der Waals surface area contributed by atoms with Gasteiger partial charge in [-0.05, 0) is 31.7 Å². The second kappa shape index (κ2) is 5.62. The van der Waals surface area contributed by atoms with Crippen molar-refractivity contribution in [2.24, 2.45) is 0 Å². The fourth-order valence-corrected chi connectivity index (χ4v) is 3.52. The number of benzene rings is 1. The molecule has 0 saturated carbocycles. The molecule has 1 aromatic heterocycles. The van der Waals surface area contributed by atoms with Crippen LogP contribution < -0.4 is 5.32 Å². The number of hydrogen-bond acceptors (Lipinski definition) is 3. The molecule has 1 aromatic carbocycles. The highest BCUT2D eigenvalue weighted by molar-refractivity contribution is 7.15. The summed E-state index contributed by atoms with van der Waals surface area (Å²) in [6.45, 7) is 9.25. The number of halogens is 1. The van der Waals surface area contributed by atoms with Crippen molar-refractivity contribution in [2.75, 3.05) is 7.05 Å². The normalized spacial score (nSPS) is 11.9. The zero-order valence-electron chi connectivity index (χ0n) is 12.7. The summed E-state index contributed by atoms with van der Waals surface area (Å²) in [5, 5.41) is 4.08. The molecule has 0 bridgehead atoms.